The Bertz CT molecular complexity index is 1390. The maximum Gasteiger partial charge on any atom is 0.257 e. The van der Waals surface area contributed by atoms with Crippen molar-refractivity contribution >= 4 is 46.2 Å². The number of nitrogens with zero attached hydrogens (tertiary/aromatic N) is 4. The molecule has 3 N–H and O–H groups in total. The monoisotopic (exact) mass is 486 g/mol. The molecule has 0 spiro atoms. The van der Waals surface area contributed by atoms with Crippen molar-refractivity contribution in [2.75, 3.05) is 17.3 Å². The van der Waals surface area contributed by atoms with E-state index in [9.17, 15) is 19.2 Å². The predicted molar refractivity (Wildman–Crippen MR) is 133 cm³/mol. The molecule has 1 saturated carbocycles. The minimum absolute atomic E-state index is 0.0427. The number of carbonyl (C=O) groups excluding carboxylic acids is 4. The van der Waals surface area contributed by atoms with Crippen LogP contribution < -0.4 is 16.0 Å². The summed E-state index contributed by atoms with van der Waals surface area (Å²) >= 11 is 0. The zero-order chi connectivity index (χ0) is 25.8. The highest BCUT2D eigenvalue weighted by Crippen LogP contribution is 2.29. The first-order chi connectivity index (χ1) is 17.3. The van der Waals surface area contributed by atoms with Gasteiger partial charge in [0.25, 0.3) is 5.91 Å². The van der Waals surface area contributed by atoms with Crippen molar-refractivity contribution in [2.45, 2.75) is 38.6 Å². The molecule has 1 atom stereocenters. The first-order valence-electron chi connectivity index (χ1n) is 11.7. The van der Waals surface area contributed by atoms with Gasteiger partial charge in [0.1, 0.15) is 5.78 Å². The van der Waals surface area contributed by atoms with Crippen LogP contribution in [0, 0.1) is 17.2 Å². The van der Waals surface area contributed by atoms with Crippen LogP contribution in [0.4, 0.5) is 11.6 Å². The number of primary amides is 1. The lowest BCUT2D eigenvalue weighted by atomic mass is 9.87. The van der Waals surface area contributed by atoms with Gasteiger partial charge >= 0.3 is 0 Å². The van der Waals surface area contributed by atoms with Gasteiger partial charge in [0, 0.05) is 50.0 Å². The normalized spacial score (nSPS) is 15.3. The lowest BCUT2D eigenvalue weighted by Gasteiger charge is -2.26. The van der Waals surface area contributed by atoms with Crippen LogP contribution in [-0.4, -0.2) is 40.1 Å². The second-order valence-electron chi connectivity index (χ2n) is 8.85. The Morgan fingerprint density at radius 3 is 2.64 bits per heavy atom. The Morgan fingerprint density at radius 1 is 1.22 bits per heavy atom. The Kier molecular flexibility index (Phi) is 7.10. The van der Waals surface area contributed by atoms with Crippen molar-refractivity contribution in [1.82, 2.24) is 9.55 Å². The molecule has 1 aliphatic rings. The molecule has 1 aromatic heterocycles. The van der Waals surface area contributed by atoms with Crippen molar-refractivity contribution in [3.05, 3.63) is 53.6 Å². The van der Waals surface area contributed by atoms with Crippen LogP contribution in [0.1, 0.15) is 48.0 Å². The van der Waals surface area contributed by atoms with E-state index in [1.807, 2.05) is 6.07 Å². The Hall–Kier alpha value is -4.52. The topological polar surface area (TPSA) is 151 Å². The van der Waals surface area contributed by atoms with Gasteiger partial charge in [-0.15, -0.1) is 0 Å². The van der Waals surface area contributed by atoms with Crippen molar-refractivity contribution in [1.29, 1.82) is 5.26 Å². The van der Waals surface area contributed by atoms with E-state index in [0.29, 0.717) is 47.1 Å². The molecule has 1 unspecified atom stereocenters. The molecule has 2 aromatic carbocycles. The smallest absolute Gasteiger partial charge is 0.257 e. The fourth-order valence-corrected chi connectivity index (χ4v) is 4.38. The first-order valence-corrected chi connectivity index (χ1v) is 11.7. The molecule has 3 aromatic rings. The van der Waals surface area contributed by atoms with Gasteiger partial charge in [0.15, 0.2) is 0 Å². The number of hydrogen-bond donors (Lipinski definition) is 2. The van der Waals surface area contributed by atoms with Crippen LogP contribution in [0.3, 0.4) is 0 Å². The van der Waals surface area contributed by atoms with E-state index in [0.717, 1.165) is 0 Å². The summed E-state index contributed by atoms with van der Waals surface area (Å²) in [5.74, 6) is -1.04. The zero-order valence-corrected chi connectivity index (χ0v) is 19.9. The number of imidazole rings is 1. The SMILES string of the molecule is CN(C(=O)C1CCCC(=O)C1)c1ccc2c(c1)nc(NC(=O)c1ccc(C#N)cc1)n2CCC(N)=O. The van der Waals surface area contributed by atoms with E-state index in [1.165, 1.54) is 4.90 Å². The van der Waals surface area contributed by atoms with E-state index in [-0.39, 0.29) is 42.9 Å². The van der Waals surface area contributed by atoms with E-state index in [1.54, 1.807) is 54.1 Å². The molecule has 0 radical (unpaired) electrons. The fourth-order valence-electron chi connectivity index (χ4n) is 4.38. The molecule has 10 heteroatoms. The van der Waals surface area contributed by atoms with Gasteiger partial charge in [-0.3, -0.25) is 24.5 Å². The molecule has 0 saturated heterocycles. The maximum atomic E-state index is 13.0. The van der Waals surface area contributed by atoms with E-state index in [2.05, 4.69) is 10.3 Å². The lowest BCUT2D eigenvalue weighted by molar-refractivity contribution is -0.129. The highest BCUT2D eigenvalue weighted by atomic mass is 16.2. The molecular formula is C26H26N6O4. The Balaban J connectivity index is 1.63. The summed E-state index contributed by atoms with van der Waals surface area (Å²) in [5.41, 5.74) is 7.91. The molecule has 0 bridgehead atoms. The fraction of sp³-hybridized carbons (Fsp3) is 0.308. The van der Waals surface area contributed by atoms with E-state index < -0.39 is 11.8 Å². The number of Topliss-reactive ketones (excluding diaryl/α,β-unsaturated/α-hetero) is 1. The quantitative estimate of drug-likeness (QED) is 0.524. The number of carbonyl (C=O) groups is 4. The number of nitriles is 1. The third-order valence-corrected chi connectivity index (χ3v) is 6.36. The number of rotatable bonds is 7. The number of nitrogens with two attached hydrogens (primary N) is 1. The van der Waals surface area contributed by atoms with Crippen molar-refractivity contribution in [2.24, 2.45) is 11.7 Å². The van der Waals surface area contributed by atoms with Gasteiger partial charge in [-0.05, 0) is 55.3 Å². The van der Waals surface area contributed by atoms with Gasteiger partial charge in [-0.2, -0.15) is 5.26 Å². The highest BCUT2D eigenvalue weighted by Gasteiger charge is 2.28. The number of nitrogens with one attached hydrogen (secondary N) is 1. The summed E-state index contributed by atoms with van der Waals surface area (Å²) in [7, 11) is 1.67. The second kappa shape index (κ2) is 10.4. The summed E-state index contributed by atoms with van der Waals surface area (Å²) in [6.07, 6.45) is 2.23. The molecule has 10 nitrogen and oxygen atoms in total. The molecule has 1 fully saturated rings. The number of ketones is 1. The van der Waals surface area contributed by atoms with Gasteiger partial charge in [-0.25, -0.2) is 4.98 Å². The summed E-state index contributed by atoms with van der Waals surface area (Å²) in [6.45, 7) is 0.202. The predicted octanol–water partition coefficient (Wildman–Crippen LogP) is 2.76. The molecule has 3 amide bonds. The number of aryl methyl sites for hydroxylation is 1. The van der Waals surface area contributed by atoms with Crippen LogP contribution in [0.15, 0.2) is 42.5 Å². The second-order valence-corrected chi connectivity index (χ2v) is 8.85. The molecule has 4 rings (SSSR count). The summed E-state index contributed by atoms with van der Waals surface area (Å²) in [4.78, 5) is 55.2. The largest absolute Gasteiger partial charge is 0.370 e. The standard InChI is InChI=1S/C26H26N6O4/c1-31(25(36)18-3-2-4-20(33)13-18)19-9-10-22-21(14-19)29-26(32(22)12-11-23(28)34)30-24(35)17-7-5-16(15-27)6-8-17/h5-10,14,18H,2-4,11-13H2,1H3,(H2,28,34)(H,29,30,35). The summed E-state index contributed by atoms with van der Waals surface area (Å²) < 4.78 is 1.69. The van der Waals surface area contributed by atoms with Crippen LogP contribution >= 0.6 is 0 Å². The highest BCUT2D eigenvalue weighted by molar-refractivity contribution is 6.04. The Morgan fingerprint density at radius 2 is 1.97 bits per heavy atom. The van der Waals surface area contributed by atoms with Crippen LogP contribution in [0.2, 0.25) is 0 Å². The number of anilines is 2. The van der Waals surface area contributed by atoms with E-state index >= 15 is 0 Å². The minimum Gasteiger partial charge on any atom is -0.370 e. The van der Waals surface area contributed by atoms with Gasteiger partial charge in [0.2, 0.25) is 17.8 Å². The number of fused-ring (bicyclic) bond motifs is 1. The van der Waals surface area contributed by atoms with Crippen molar-refractivity contribution < 1.29 is 19.2 Å². The molecule has 184 valence electrons. The molecular weight excluding hydrogens is 460 g/mol. The number of hydrogen-bond acceptors (Lipinski definition) is 6. The van der Waals surface area contributed by atoms with Crippen LogP contribution in [0.25, 0.3) is 11.0 Å². The molecule has 36 heavy (non-hydrogen) atoms. The molecule has 1 aliphatic carbocycles. The number of benzene rings is 2. The average molecular weight is 487 g/mol. The number of aromatic nitrogens is 2. The Labute approximate surface area is 207 Å². The maximum absolute atomic E-state index is 13.0. The third-order valence-electron chi connectivity index (χ3n) is 6.36. The third kappa shape index (κ3) is 5.25. The zero-order valence-electron chi connectivity index (χ0n) is 19.9. The minimum atomic E-state index is -0.495. The van der Waals surface area contributed by atoms with Gasteiger partial charge in [-0.1, -0.05) is 0 Å². The molecule has 0 aliphatic heterocycles. The van der Waals surface area contributed by atoms with Crippen LogP contribution in [-0.2, 0) is 20.9 Å². The van der Waals surface area contributed by atoms with Crippen LogP contribution in [0.5, 0.6) is 0 Å². The van der Waals surface area contributed by atoms with Crippen molar-refractivity contribution in [3.8, 4) is 6.07 Å². The van der Waals surface area contributed by atoms with E-state index in [4.69, 9.17) is 11.0 Å². The average Bonchev–Trinajstić information content (AvgIpc) is 3.22. The lowest BCUT2D eigenvalue weighted by Crippen LogP contribution is -2.35. The van der Waals surface area contributed by atoms with Gasteiger partial charge < -0.3 is 15.2 Å². The summed E-state index contributed by atoms with van der Waals surface area (Å²) in [6, 6.07) is 13.4. The first kappa shape index (κ1) is 24.6. The summed E-state index contributed by atoms with van der Waals surface area (Å²) in [5, 5.41) is 11.7. The van der Waals surface area contributed by atoms with Crippen molar-refractivity contribution in [3.63, 3.8) is 0 Å². The molecule has 1 heterocycles. The van der Waals surface area contributed by atoms with Gasteiger partial charge in [0.05, 0.1) is 22.7 Å². The number of amides is 3.